The normalized spacial score (nSPS) is 11.2. The number of aromatic nitrogens is 2. The molecule has 3 heterocycles. The van der Waals surface area contributed by atoms with Crippen LogP contribution in [0.2, 0.25) is 5.02 Å². The van der Waals surface area contributed by atoms with Gasteiger partial charge in [-0.1, -0.05) is 23.7 Å². The highest BCUT2D eigenvalue weighted by Crippen LogP contribution is 2.31. The van der Waals surface area contributed by atoms with Gasteiger partial charge < -0.3 is 14.2 Å². The number of hydrogen-bond acceptors (Lipinski definition) is 5. The number of fused-ring (bicyclic) bond motifs is 2. The maximum atomic E-state index is 12.6. The fourth-order valence-corrected chi connectivity index (χ4v) is 3.25. The summed E-state index contributed by atoms with van der Waals surface area (Å²) in [4.78, 5) is 21.2. The van der Waals surface area contributed by atoms with Crippen LogP contribution in [0.15, 0.2) is 75.8 Å². The van der Waals surface area contributed by atoms with Crippen molar-refractivity contribution in [2.75, 3.05) is 5.32 Å². The summed E-state index contributed by atoms with van der Waals surface area (Å²) < 4.78 is 11.4. The molecular formula is C21H12ClN3O3. The summed E-state index contributed by atoms with van der Waals surface area (Å²) >= 11 is 6.30. The lowest BCUT2D eigenvalue weighted by Gasteiger charge is -2.02. The topological polar surface area (TPSA) is 81.2 Å². The molecule has 0 aliphatic carbocycles. The van der Waals surface area contributed by atoms with E-state index in [1.54, 1.807) is 42.7 Å². The van der Waals surface area contributed by atoms with Crippen LogP contribution in [0.25, 0.3) is 33.5 Å². The van der Waals surface area contributed by atoms with Crippen molar-refractivity contribution in [3.8, 4) is 11.5 Å². The number of oxazole rings is 1. The molecule has 5 aromatic rings. The van der Waals surface area contributed by atoms with Crippen LogP contribution in [0.5, 0.6) is 0 Å². The fraction of sp³-hybridized carbons (Fsp3) is 0. The first kappa shape index (κ1) is 16.5. The number of benzene rings is 2. The molecule has 0 unspecified atom stereocenters. The van der Waals surface area contributed by atoms with E-state index in [4.69, 9.17) is 20.4 Å². The first-order chi connectivity index (χ1) is 13.7. The van der Waals surface area contributed by atoms with Crippen molar-refractivity contribution < 1.29 is 13.6 Å². The number of carbonyl (C=O) groups is 1. The predicted octanol–water partition coefficient (Wildman–Crippen LogP) is 5.54. The number of halogens is 1. The predicted molar refractivity (Wildman–Crippen MR) is 106 cm³/mol. The number of anilines is 1. The Morgan fingerprint density at radius 2 is 1.89 bits per heavy atom. The van der Waals surface area contributed by atoms with Crippen LogP contribution >= 0.6 is 11.6 Å². The van der Waals surface area contributed by atoms with Crippen molar-refractivity contribution in [1.29, 1.82) is 0 Å². The molecule has 7 heteroatoms. The molecule has 0 aliphatic rings. The third-order valence-corrected chi connectivity index (χ3v) is 4.67. The van der Waals surface area contributed by atoms with Gasteiger partial charge in [-0.2, -0.15) is 0 Å². The van der Waals surface area contributed by atoms with Crippen LogP contribution < -0.4 is 5.32 Å². The van der Waals surface area contributed by atoms with Gasteiger partial charge in [0.2, 0.25) is 11.7 Å². The summed E-state index contributed by atoms with van der Waals surface area (Å²) in [6, 6.07) is 16.1. The number of pyridine rings is 1. The van der Waals surface area contributed by atoms with Crippen LogP contribution in [-0.2, 0) is 0 Å². The highest BCUT2D eigenvalue weighted by atomic mass is 35.5. The van der Waals surface area contributed by atoms with Gasteiger partial charge in [0.15, 0.2) is 5.58 Å². The van der Waals surface area contributed by atoms with Gasteiger partial charge in [-0.3, -0.25) is 9.78 Å². The second kappa shape index (κ2) is 6.51. The van der Waals surface area contributed by atoms with Crippen molar-refractivity contribution in [3.05, 3.63) is 77.8 Å². The van der Waals surface area contributed by atoms with Gasteiger partial charge in [0.1, 0.15) is 11.1 Å². The van der Waals surface area contributed by atoms with Crippen molar-refractivity contribution in [2.45, 2.75) is 0 Å². The molecule has 1 N–H and O–H groups in total. The maximum Gasteiger partial charge on any atom is 0.292 e. The van der Waals surface area contributed by atoms with Crippen LogP contribution in [0.1, 0.15) is 10.6 Å². The molecule has 5 rings (SSSR count). The number of amides is 1. The summed E-state index contributed by atoms with van der Waals surface area (Å²) in [6.45, 7) is 0. The van der Waals surface area contributed by atoms with Crippen LogP contribution in [0.3, 0.4) is 0 Å². The Kier molecular flexibility index (Phi) is 3.84. The Morgan fingerprint density at radius 3 is 2.71 bits per heavy atom. The molecule has 0 saturated heterocycles. The number of nitrogens with one attached hydrogen (secondary N) is 1. The van der Waals surface area contributed by atoms with E-state index in [0.717, 1.165) is 5.56 Å². The number of rotatable bonds is 3. The maximum absolute atomic E-state index is 12.6. The molecule has 2 aromatic carbocycles. The zero-order valence-corrected chi connectivity index (χ0v) is 15.1. The van der Waals surface area contributed by atoms with Gasteiger partial charge >= 0.3 is 0 Å². The first-order valence-corrected chi connectivity index (χ1v) is 8.86. The van der Waals surface area contributed by atoms with Gasteiger partial charge in [0.05, 0.1) is 10.6 Å². The summed E-state index contributed by atoms with van der Waals surface area (Å²) in [5.41, 5.74) is 3.12. The molecule has 1 amide bonds. The van der Waals surface area contributed by atoms with E-state index >= 15 is 0 Å². The lowest BCUT2D eigenvalue weighted by Crippen LogP contribution is -2.11. The lowest BCUT2D eigenvalue weighted by atomic mass is 10.2. The number of nitrogens with zero attached hydrogens (tertiary/aromatic N) is 2. The Balaban J connectivity index is 1.46. The quantitative estimate of drug-likeness (QED) is 0.438. The summed E-state index contributed by atoms with van der Waals surface area (Å²) in [5, 5.41) is 3.77. The van der Waals surface area contributed by atoms with Crippen LogP contribution in [0, 0.1) is 0 Å². The zero-order chi connectivity index (χ0) is 19.1. The third-order valence-electron chi connectivity index (χ3n) is 4.30. The van der Waals surface area contributed by atoms with Crippen molar-refractivity contribution >= 4 is 45.3 Å². The molecule has 0 atom stereocenters. The van der Waals surface area contributed by atoms with E-state index in [2.05, 4.69) is 15.3 Å². The summed E-state index contributed by atoms with van der Waals surface area (Å²) in [6.07, 6.45) is 3.36. The minimum absolute atomic E-state index is 0.0687. The second-order valence-corrected chi connectivity index (χ2v) is 6.52. The standard InChI is InChI=1S/C21H12ClN3O3/c22-18-14-5-1-2-6-16(14)27-19(18)20(26)24-13-7-8-17-15(10-13)25-21(28-17)12-4-3-9-23-11-12/h1-11H,(H,24,26). The Hall–Kier alpha value is -3.64. The number of furan rings is 1. The SMILES string of the molecule is O=C(Nc1ccc2oc(-c3cccnc3)nc2c1)c1oc2ccccc2c1Cl. The van der Waals surface area contributed by atoms with Gasteiger partial charge in [-0.25, -0.2) is 4.98 Å². The zero-order valence-electron chi connectivity index (χ0n) is 14.3. The number of hydrogen-bond donors (Lipinski definition) is 1. The van der Waals surface area contributed by atoms with Crippen molar-refractivity contribution in [3.63, 3.8) is 0 Å². The number of carbonyl (C=O) groups excluding carboxylic acids is 1. The third kappa shape index (κ3) is 2.80. The fourth-order valence-electron chi connectivity index (χ4n) is 2.97. The van der Waals surface area contributed by atoms with Gasteiger partial charge in [-0.05, 0) is 42.5 Å². The molecule has 3 aromatic heterocycles. The van der Waals surface area contributed by atoms with Crippen LogP contribution in [-0.4, -0.2) is 15.9 Å². The van der Waals surface area contributed by atoms with Crippen LogP contribution in [0.4, 0.5) is 5.69 Å². The molecular weight excluding hydrogens is 378 g/mol. The molecule has 0 aliphatic heterocycles. The van der Waals surface area contributed by atoms with Crippen molar-refractivity contribution in [2.24, 2.45) is 0 Å². The summed E-state index contributed by atoms with van der Waals surface area (Å²) in [5.74, 6) is 0.0996. The molecule has 0 radical (unpaired) electrons. The highest BCUT2D eigenvalue weighted by molar-refractivity contribution is 6.38. The largest absolute Gasteiger partial charge is 0.449 e. The number of para-hydroxylation sites is 1. The minimum Gasteiger partial charge on any atom is -0.449 e. The molecule has 6 nitrogen and oxygen atoms in total. The average molecular weight is 390 g/mol. The van der Waals surface area contributed by atoms with E-state index in [-0.39, 0.29) is 10.8 Å². The minimum atomic E-state index is -0.434. The average Bonchev–Trinajstić information content (AvgIpc) is 3.30. The lowest BCUT2D eigenvalue weighted by molar-refractivity contribution is 0.0999. The second-order valence-electron chi connectivity index (χ2n) is 6.14. The highest BCUT2D eigenvalue weighted by Gasteiger charge is 2.19. The van der Waals surface area contributed by atoms with E-state index < -0.39 is 5.91 Å². The van der Waals surface area contributed by atoms with Gasteiger partial charge in [-0.15, -0.1) is 0 Å². The molecule has 0 bridgehead atoms. The Morgan fingerprint density at radius 1 is 1.00 bits per heavy atom. The molecule has 136 valence electrons. The monoisotopic (exact) mass is 389 g/mol. The molecule has 0 fully saturated rings. The molecule has 28 heavy (non-hydrogen) atoms. The van der Waals surface area contributed by atoms with E-state index in [1.807, 2.05) is 24.3 Å². The molecule has 0 saturated carbocycles. The summed E-state index contributed by atoms with van der Waals surface area (Å²) in [7, 11) is 0. The molecule has 0 spiro atoms. The van der Waals surface area contributed by atoms with E-state index in [1.165, 1.54) is 0 Å². The Labute approximate surface area is 163 Å². The van der Waals surface area contributed by atoms with Gasteiger partial charge in [0, 0.05) is 23.5 Å². The van der Waals surface area contributed by atoms with Gasteiger partial charge in [0.25, 0.3) is 5.91 Å². The first-order valence-electron chi connectivity index (χ1n) is 8.48. The Bertz CT molecular complexity index is 1330. The van der Waals surface area contributed by atoms with E-state index in [9.17, 15) is 4.79 Å². The van der Waals surface area contributed by atoms with E-state index in [0.29, 0.717) is 33.6 Å². The van der Waals surface area contributed by atoms with Crippen molar-refractivity contribution in [1.82, 2.24) is 9.97 Å². The smallest absolute Gasteiger partial charge is 0.292 e.